The molecule has 0 saturated heterocycles. The summed E-state index contributed by atoms with van der Waals surface area (Å²) in [5.41, 5.74) is 1.12. The maximum atomic E-state index is 6.24. The van der Waals surface area contributed by atoms with E-state index in [1.807, 2.05) is 30.3 Å². The first-order valence-corrected chi connectivity index (χ1v) is 7.77. The van der Waals surface area contributed by atoms with Crippen molar-refractivity contribution in [1.29, 1.82) is 0 Å². The summed E-state index contributed by atoms with van der Waals surface area (Å²) >= 11 is 15.7. The molecule has 0 aliphatic carbocycles. The average molecular weight is 375 g/mol. The van der Waals surface area contributed by atoms with Gasteiger partial charge in [0.05, 0.1) is 10.0 Å². The quantitative estimate of drug-likeness (QED) is 0.729. The Hall–Kier alpha value is -0.740. The Morgan fingerprint density at radius 2 is 1.85 bits per heavy atom. The van der Waals surface area contributed by atoms with E-state index in [1.165, 1.54) is 0 Å². The van der Waals surface area contributed by atoms with Gasteiger partial charge >= 0.3 is 0 Å². The predicted octanol–water partition coefficient (Wildman–Crippen LogP) is 5.66. The van der Waals surface area contributed by atoms with E-state index in [9.17, 15) is 0 Å². The minimum absolute atomic E-state index is 0.543. The van der Waals surface area contributed by atoms with Gasteiger partial charge in [-0.2, -0.15) is 0 Å². The molecule has 5 heteroatoms. The number of ether oxygens (including phenoxy) is 1. The van der Waals surface area contributed by atoms with E-state index in [0.29, 0.717) is 21.5 Å². The first kappa shape index (κ1) is 15.6. The molecule has 2 nitrogen and oxygen atoms in total. The van der Waals surface area contributed by atoms with Gasteiger partial charge in [0.1, 0.15) is 11.5 Å². The lowest BCUT2D eigenvalue weighted by Crippen LogP contribution is -2.11. The molecule has 0 radical (unpaired) electrons. The van der Waals surface area contributed by atoms with Gasteiger partial charge < -0.3 is 10.1 Å². The Balaban J connectivity index is 2.19. The van der Waals surface area contributed by atoms with Crippen LogP contribution in [0.25, 0.3) is 0 Å². The zero-order chi connectivity index (χ0) is 14.5. The van der Waals surface area contributed by atoms with Gasteiger partial charge in [0.15, 0.2) is 0 Å². The highest BCUT2D eigenvalue weighted by Gasteiger charge is 2.08. The summed E-state index contributed by atoms with van der Waals surface area (Å²) in [5, 5.41) is 4.36. The van der Waals surface area contributed by atoms with Gasteiger partial charge in [-0.15, -0.1) is 0 Å². The highest BCUT2D eigenvalue weighted by molar-refractivity contribution is 9.10. The van der Waals surface area contributed by atoms with E-state index in [0.717, 1.165) is 23.1 Å². The molecule has 0 aliphatic heterocycles. The van der Waals surface area contributed by atoms with Crippen LogP contribution in [0.15, 0.2) is 40.9 Å². The van der Waals surface area contributed by atoms with Crippen LogP contribution in [-0.4, -0.2) is 6.54 Å². The van der Waals surface area contributed by atoms with E-state index in [-0.39, 0.29) is 0 Å². The molecular formula is C15H14BrCl2NO. The number of hydrogen-bond acceptors (Lipinski definition) is 2. The monoisotopic (exact) mass is 373 g/mol. The third kappa shape index (κ3) is 4.13. The topological polar surface area (TPSA) is 21.3 Å². The van der Waals surface area contributed by atoms with Crippen LogP contribution in [0, 0.1) is 0 Å². The molecule has 0 saturated carbocycles. The summed E-state index contributed by atoms with van der Waals surface area (Å²) in [6, 6.07) is 11.2. The standard InChI is InChI=1S/C15H14BrCl2NO/c1-2-19-9-10-3-6-14(13(18)7-10)20-15-8-11(16)4-5-12(15)17/h3-8,19H,2,9H2,1H3. The van der Waals surface area contributed by atoms with Crippen LogP contribution in [0.2, 0.25) is 10.0 Å². The molecule has 106 valence electrons. The van der Waals surface area contributed by atoms with E-state index in [1.54, 1.807) is 6.07 Å². The fourth-order valence-corrected chi connectivity index (χ4v) is 2.42. The summed E-state index contributed by atoms with van der Waals surface area (Å²) in [5.74, 6) is 1.16. The van der Waals surface area contributed by atoms with Gasteiger partial charge in [0.25, 0.3) is 0 Å². The predicted molar refractivity (Wildman–Crippen MR) is 88.1 cm³/mol. The summed E-state index contributed by atoms with van der Waals surface area (Å²) in [6.07, 6.45) is 0. The molecule has 0 spiro atoms. The van der Waals surface area contributed by atoms with Gasteiger partial charge in [-0.25, -0.2) is 0 Å². The van der Waals surface area contributed by atoms with Crippen molar-refractivity contribution in [3.8, 4) is 11.5 Å². The fraction of sp³-hybridized carbons (Fsp3) is 0.200. The largest absolute Gasteiger partial charge is 0.454 e. The maximum Gasteiger partial charge on any atom is 0.147 e. The van der Waals surface area contributed by atoms with Crippen LogP contribution in [0.3, 0.4) is 0 Å². The fourth-order valence-electron chi connectivity index (χ4n) is 1.68. The summed E-state index contributed by atoms with van der Waals surface area (Å²) in [7, 11) is 0. The van der Waals surface area contributed by atoms with Crippen molar-refractivity contribution in [2.45, 2.75) is 13.5 Å². The van der Waals surface area contributed by atoms with Gasteiger partial charge in [-0.05, 0) is 42.4 Å². The smallest absolute Gasteiger partial charge is 0.147 e. The first-order valence-electron chi connectivity index (χ1n) is 6.22. The molecule has 1 N–H and O–H groups in total. The van der Waals surface area contributed by atoms with Gasteiger partial charge in [0, 0.05) is 11.0 Å². The second-order valence-corrected chi connectivity index (χ2v) is 5.95. The van der Waals surface area contributed by atoms with Crippen LogP contribution >= 0.6 is 39.1 Å². The molecule has 2 rings (SSSR count). The molecule has 0 amide bonds. The molecule has 0 aromatic heterocycles. The van der Waals surface area contributed by atoms with Crippen LogP contribution < -0.4 is 10.1 Å². The Bertz CT molecular complexity index is 604. The van der Waals surface area contributed by atoms with Crippen molar-refractivity contribution in [3.63, 3.8) is 0 Å². The molecule has 0 bridgehead atoms. The second kappa shape index (κ2) is 7.32. The lowest BCUT2D eigenvalue weighted by molar-refractivity contribution is 0.482. The Morgan fingerprint density at radius 1 is 1.05 bits per heavy atom. The van der Waals surface area contributed by atoms with Crippen LogP contribution in [0.1, 0.15) is 12.5 Å². The lowest BCUT2D eigenvalue weighted by atomic mass is 10.2. The van der Waals surface area contributed by atoms with E-state index < -0.39 is 0 Å². The van der Waals surface area contributed by atoms with E-state index in [4.69, 9.17) is 27.9 Å². The summed E-state index contributed by atoms with van der Waals surface area (Å²) < 4.78 is 6.67. The van der Waals surface area contributed by atoms with Crippen molar-refractivity contribution in [2.75, 3.05) is 6.54 Å². The van der Waals surface area contributed by atoms with Crippen LogP contribution in [0.4, 0.5) is 0 Å². The first-order chi connectivity index (χ1) is 9.60. The number of hydrogen-bond donors (Lipinski definition) is 1. The molecule has 20 heavy (non-hydrogen) atoms. The minimum atomic E-state index is 0.543. The van der Waals surface area contributed by atoms with E-state index >= 15 is 0 Å². The van der Waals surface area contributed by atoms with Crippen molar-refractivity contribution in [2.24, 2.45) is 0 Å². The van der Waals surface area contributed by atoms with Gasteiger partial charge in [-0.3, -0.25) is 0 Å². The molecule has 0 unspecified atom stereocenters. The number of halogens is 3. The lowest BCUT2D eigenvalue weighted by Gasteiger charge is -2.11. The van der Waals surface area contributed by atoms with Crippen molar-refractivity contribution < 1.29 is 4.74 Å². The van der Waals surface area contributed by atoms with Gasteiger partial charge in [0.2, 0.25) is 0 Å². The molecule has 0 atom stereocenters. The molecule has 2 aromatic rings. The molecule has 2 aromatic carbocycles. The third-order valence-electron chi connectivity index (χ3n) is 2.69. The summed E-state index contributed by atoms with van der Waals surface area (Å²) in [6.45, 7) is 3.77. The normalized spacial score (nSPS) is 10.6. The summed E-state index contributed by atoms with van der Waals surface area (Å²) in [4.78, 5) is 0. The third-order valence-corrected chi connectivity index (χ3v) is 3.79. The molecular weight excluding hydrogens is 361 g/mol. The highest BCUT2D eigenvalue weighted by Crippen LogP contribution is 2.35. The maximum absolute atomic E-state index is 6.24. The highest BCUT2D eigenvalue weighted by atomic mass is 79.9. The van der Waals surface area contributed by atoms with Crippen molar-refractivity contribution in [3.05, 3.63) is 56.5 Å². The number of rotatable bonds is 5. The van der Waals surface area contributed by atoms with E-state index in [2.05, 4.69) is 28.2 Å². The van der Waals surface area contributed by atoms with Crippen molar-refractivity contribution >= 4 is 39.1 Å². The average Bonchev–Trinajstić information content (AvgIpc) is 2.43. The Kier molecular flexibility index (Phi) is 5.73. The van der Waals surface area contributed by atoms with Crippen LogP contribution in [0.5, 0.6) is 11.5 Å². The number of nitrogens with one attached hydrogen (secondary N) is 1. The Labute approximate surface area is 137 Å². The van der Waals surface area contributed by atoms with Crippen LogP contribution in [-0.2, 0) is 6.54 Å². The molecule has 0 fully saturated rings. The second-order valence-electron chi connectivity index (χ2n) is 4.22. The van der Waals surface area contributed by atoms with Gasteiger partial charge in [-0.1, -0.05) is 52.1 Å². The molecule has 0 heterocycles. The SMILES string of the molecule is CCNCc1ccc(Oc2cc(Br)ccc2Cl)c(Cl)c1. The van der Waals surface area contributed by atoms with Crippen molar-refractivity contribution in [1.82, 2.24) is 5.32 Å². The Morgan fingerprint density at radius 3 is 2.55 bits per heavy atom. The number of benzene rings is 2. The molecule has 0 aliphatic rings. The zero-order valence-electron chi connectivity index (χ0n) is 10.9. The minimum Gasteiger partial charge on any atom is -0.454 e. The zero-order valence-corrected chi connectivity index (χ0v) is 14.0.